The number of rotatable bonds is 6. The molecule has 0 atom stereocenters. The molecule has 80 valence electrons. The first-order valence-corrected chi connectivity index (χ1v) is 5.52. The van der Waals surface area contributed by atoms with Gasteiger partial charge in [-0.3, -0.25) is 4.90 Å². The zero-order valence-electron chi connectivity index (χ0n) is 9.25. The van der Waals surface area contributed by atoms with E-state index in [-0.39, 0.29) is 12.0 Å². The fourth-order valence-electron chi connectivity index (χ4n) is 1.25. The van der Waals surface area contributed by atoms with Crippen LogP contribution < -0.4 is 0 Å². The van der Waals surface area contributed by atoms with Crippen LogP contribution in [0.4, 0.5) is 0 Å². The highest BCUT2D eigenvalue weighted by atomic mass is 32.1. The average Bonchev–Trinajstić information content (AvgIpc) is 2.03. The molecule has 2 nitrogen and oxygen atoms in total. The summed E-state index contributed by atoms with van der Waals surface area (Å²) in [6.07, 6.45) is 0. The largest absolute Gasteiger partial charge is 0.395 e. The van der Waals surface area contributed by atoms with Gasteiger partial charge in [-0.05, 0) is 25.0 Å². The highest BCUT2D eigenvalue weighted by molar-refractivity contribution is 7.80. The summed E-state index contributed by atoms with van der Waals surface area (Å²) in [5.74, 6) is 0.877. The maximum Gasteiger partial charge on any atom is 0.0558 e. The molecule has 0 radical (unpaired) electrons. The topological polar surface area (TPSA) is 23.5 Å². The Hall–Kier alpha value is 0.270. The van der Waals surface area contributed by atoms with Gasteiger partial charge in [-0.15, -0.1) is 0 Å². The van der Waals surface area contributed by atoms with E-state index in [1.165, 1.54) is 0 Å². The van der Waals surface area contributed by atoms with Gasteiger partial charge < -0.3 is 5.11 Å². The second-order valence-corrected chi connectivity index (χ2v) is 4.93. The normalized spacial score (nSPS) is 12.9. The van der Waals surface area contributed by atoms with Crippen molar-refractivity contribution in [1.29, 1.82) is 0 Å². The molecular weight excluding hydrogens is 182 g/mol. The van der Waals surface area contributed by atoms with Crippen molar-refractivity contribution >= 4 is 12.6 Å². The van der Waals surface area contributed by atoms with Crippen LogP contribution in [0.1, 0.15) is 27.7 Å². The lowest BCUT2D eigenvalue weighted by atomic mass is 9.95. The molecule has 3 heteroatoms. The van der Waals surface area contributed by atoms with Crippen molar-refractivity contribution in [3.63, 3.8) is 0 Å². The van der Waals surface area contributed by atoms with Crippen LogP contribution in [0.15, 0.2) is 0 Å². The molecule has 0 aromatic heterocycles. The summed E-state index contributed by atoms with van der Waals surface area (Å²) in [5, 5.41) is 8.89. The molecular formula is C10H23NOS. The summed E-state index contributed by atoms with van der Waals surface area (Å²) in [5.41, 5.74) is 0.225. The number of thiol groups is 1. The van der Waals surface area contributed by atoms with E-state index >= 15 is 0 Å². The molecule has 0 aromatic rings. The smallest absolute Gasteiger partial charge is 0.0558 e. The Morgan fingerprint density at radius 3 is 2.23 bits per heavy atom. The third kappa shape index (κ3) is 5.55. The van der Waals surface area contributed by atoms with Crippen molar-refractivity contribution in [2.75, 3.05) is 25.4 Å². The number of hydrogen-bond acceptors (Lipinski definition) is 3. The predicted octanol–water partition coefficient (Wildman–Crippen LogP) is 1.65. The summed E-state index contributed by atoms with van der Waals surface area (Å²) in [6, 6.07) is 0.492. The summed E-state index contributed by atoms with van der Waals surface area (Å²) in [4.78, 5) is 2.29. The molecule has 0 unspecified atom stereocenters. The maximum atomic E-state index is 8.89. The summed E-state index contributed by atoms with van der Waals surface area (Å²) in [7, 11) is 0. The van der Waals surface area contributed by atoms with E-state index in [1.807, 2.05) is 0 Å². The maximum absolute atomic E-state index is 8.89. The summed E-state index contributed by atoms with van der Waals surface area (Å²) >= 11 is 4.32. The Kier molecular flexibility index (Phi) is 6.01. The first-order valence-electron chi connectivity index (χ1n) is 4.88. The zero-order valence-corrected chi connectivity index (χ0v) is 10.1. The fraction of sp³-hybridized carbons (Fsp3) is 1.00. The van der Waals surface area contributed by atoms with Crippen LogP contribution in [-0.4, -0.2) is 41.5 Å². The Morgan fingerprint density at radius 2 is 1.92 bits per heavy atom. The van der Waals surface area contributed by atoms with E-state index in [2.05, 4.69) is 45.2 Å². The standard InChI is InChI=1S/C10H23NOS/c1-9(2)11(5-6-12)7-10(3,4)8-13/h9,12-13H,5-8H2,1-4H3. The van der Waals surface area contributed by atoms with Crippen LogP contribution >= 0.6 is 12.6 Å². The van der Waals surface area contributed by atoms with Gasteiger partial charge in [-0.2, -0.15) is 12.6 Å². The molecule has 1 N–H and O–H groups in total. The minimum absolute atomic E-state index is 0.225. The minimum Gasteiger partial charge on any atom is -0.395 e. The van der Waals surface area contributed by atoms with Gasteiger partial charge in [0.05, 0.1) is 6.61 Å². The summed E-state index contributed by atoms with van der Waals surface area (Å²) < 4.78 is 0. The minimum atomic E-state index is 0.225. The van der Waals surface area contributed by atoms with Gasteiger partial charge in [-0.25, -0.2) is 0 Å². The molecule has 0 heterocycles. The molecule has 0 aromatic carbocycles. The van der Waals surface area contributed by atoms with E-state index in [1.54, 1.807) is 0 Å². The van der Waals surface area contributed by atoms with Gasteiger partial charge in [0.1, 0.15) is 0 Å². The van der Waals surface area contributed by atoms with E-state index < -0.39 is 0 Å². The second-order valence-electron chi connectivity index (χ2n) is 4.61. The van der Waals surface area contributed by atoms with Gasteiger partial charge >= 0.3 is 0 Å². The van der Waals surface area contributed by atoms with Gasteiger partial charge in [0.2, 0.25) is 0 Å². The monoisotopic (exact) mass is 205 g/mol. The Labute approximate surface area is 87.7 Å². The van der Waals surface area contributed by atoms with E-state index in [9.17, 15) is 0 Å². The lowest BCUT2D eigenvalue weighted by Crippen LogP contribution is -2.41. The van der Waals surface area contributed by atoms with E-state index in [0.717, 1.165) is 18.8 Å². The van der Waals surface area contributed by atoms with Crippen molar-refractivity contribution in [1.82, 2.24) is 4.90 Å². The van der Waals surface area contributed by atoms with Crippen LogP contribution in [0.25, 0.3) is 0 Å². The molecule has 13 heavy (non-hydrogen) atoms. The number of hydrogen-bond donors (Lipinski definition) is 2. The molecule has 0 rings (SSSR count). The molecule has 0 bridgehead atoms. The van der Waals surface area contributed by atoms with Gasteiger partial charge in [-0.1, -0.05) is 13.8 Å². The first-order chi connectivity index (χ1) is 5.93. The van der Waals surface area contributed by atoms with Crippen LogP contribution in [-0.2, 0) is 0 Å². The lowest BCUT2D eigenvalue weighted by Gasteiger charge is -2.33. The highest BCUT2D eigenvalue weighted by Gasteiger charge is 2.21. The predicted molar refractivity (Wildman–Crippen MR) is 61.4 cm³/mol. The number of aliphatic hydroxyl groups is 1. The second kappa shape index (κ2) is 5.89. The average molecular weight is 205 g/mol. The molecule has 0 aliphatic heterocycles. The highest BCUT2D eigenvalue weighted by Crippen LogP contribution is 2.19. The third-order valence-corrected chi connectivity index (χ3v) is 3.03. The van der Waals surface area contributed by atoms with Crippen molar-refractivity contribution in [3.05, 3.63) is 0 Å². The lowest BCUT2D eigenvalue weighted by molar-refractivity contribution is 0.125. The van der Waals surface area contributed by atoms with E-state index in [0.29, 0.717) is 6.04 Å². The molecule has 0 aliphatic rings. The van der Waals surface area contributed by atoms with Gasteiger partial charge in [0.25, 0.3) is 0 Å². The summed E-state index contributed by atoms with van der Waals surface area (Å²) in [6.45, 7) is 10.7. The zero-order chi connectivity index (χ0) is 10.5. The Bertz CT molecular complexity index is 137. The van der Waals surface area contributed by atoms with Crippen molar-refractivity contribution < 1.29 is 5.11 Å². The molecule has 0 fully saturated rings. The van der Waals surface area contributed by atoms with Gasteiger partial charge in [0.15, 0.2) is 0 Å². The van der Waals surface area contributed by atoms with Crippen molar-refractivity contribution in [2.45, 2.75) is 33.7 Å². The number of aliphatic hydroxyl groups excluding tert-OH is 1. The fourth-order valence-corrected chi connectivity index (χ4v) is 1.35. The van der Waals surface area contributed by atoms with Crippen LogP contribution in [0, 0.1) is 5.41 Å². The van der Waals surface area contributed by atoms with Crippen molar-refractivity contribution in [3.8, 4) is 0 Å². The third-order valence-electron chi connectivity index (χ3n) is 2.18. The molecule has 0 saturated heterocycles. The Balaban J connectivity index is 4.08. The van der Waals surface area contributed by atoms with Crippen LogP contribution in [0.5, 0.6) is 0 Å². The van der Waals surface area contributed by atoms with Crippen LogP contribution in [0.3, 0.4) is 0 Å². The molecule has 0 saturated carbocycles. The number of nitrogens with zero attached hydrogens (tertiary/aromatic N) is 1. The van der Waals surface area contributed by atoms with Crippen molar-refractivity contribution in [2.24, 2.45) is 5.41 Å². The molecule has 0 amide bonds. The quantitative estimate of drug-likeness (QED) is 0.644. The van der Waals surface area contributed by atoms with Crippen LogP contribution in [0.2, 0.25) is 0 Å². The molecule has 0 spiro atoms. The van der Waals surface area contributed by atoms with E-state index in [4.69, 9.17) is 5.11 Å². The molecule has 0 aliphatic carbocycles. The SMILES string of the molecule is CC(C)N(CCO)CC(C)(C)CS. The van der Waals surface area contributed by atoms with Gasteiger partial charge in [0, 0.05) is 19.1 Å². The first kappa shape index (κ1) is 13.3. The Morgan fingerprint density at radius 1 is 1.38 bits per heavy atom.